The van der Waals surface area contributed by atoms with Gasteiger partial charge in [-0.2, -0.15) is 0 Å². The number of benzene rings is 2. The zero-order valence-electron chi connectivity index (χ0n) is 12.9. The molecule has 0 spiro atoms. The van der Waals surface area contributed by atoms with Crippen LogP contribution in [0.3, 0.4) is 0 Å². The molecular formula is C17H16N2O5. The summed E-state index contributed by atoms with van der Waals surface area (Å²) in [6.07, 6.45) is 0.0388. The molecule has 4 N–H and O–H groups in total. The van der Waals surface area contributed by atoms with Crippen LogP contribution in [0.25, 0.3) is 0 Å². The Kier molecular flexibility index (Phi) is 5.16. The minimum Gasteiger partial charge on any atom is -0.506 e. The molecule has 2 aromatic rings. The molecule has 0 radical (unpaired) electrons. The molecule has 7 nitrogen and oxygen atoms in total. The molecule has 0 saturated carbocycles. The van der Waals surface area contributed by atoms with E-state index >= 15 is 0 Å². The zero-order valence-corrected chi connectivity index (χ0v) is 12.9. The van der Waals surface area contributed by atoms with E-state index in [1.54, 1.807) is 24.3 Å². The number of phenolic OH excluding ortho intramolecular Hbond substituents is 1. The summed E-state index contributed by atoms with van der Waals surface area (Å²) < 4.78 is 0. The van der Waals surface area contributed by atoms with E-state index in [0.717, 1.165) is 0 Å². The van der Waals surface area contributed by atoms with Crippen LogP contribution in [-0.4, -0.2) is 28.0 Å². The molecule has 124 valence electrons. The maximum absolute atomic E-state index is 12.0. The number of anilines is 2. The predicted octanol–water partition coefficient (Wildman–Crippen LogP) is 2.23. The Balaban J connectivity index is 2.04. The summed E-state index contributed by atoms with van der Waals surface area (Å²) in [4.78, 5) is 33.9. The topological polar surface area (TPSA) is 116 Å². The fourth-order valence-electron chi connectivity index (χ4n) is 2.06. The first-order valence-corrected chi connectivity index (χ1v) is 7.08. The monoisotopic (exact) mass is 328 g/mol. The molecule has 0 atom stereocenters. The third-order valence-electron chi connectivity index (χ3n) is 3.16. The van der Waals surface area contributed by atoms with E-state index in [2.05, 4.69) is 10.6 Å². The highest BCUT2D eigenvalue weighted by Crippen LogP contribution is 2.24. The van der Waals surface area contributed by atoms with Gasteiger partial charge in [-0.05, 0) is 35.9 Å². The summed E-state index contributed by atoms with van der Waals surface area (Å²) in [6, 6.07) is 10.4. The van der Waals surface area contributed by atoms with Gasteiger partial charge >= 0.3 is 5.97 Å². The zero-order chi connectivity index (χ0) is 17.7. The number of nitrogens with one attached hydrogen (secondary N) is 2. The maximum atomic E-state index is 12.0. The highest BCUT2D eigenvalue weighted by molar-refractivity contribution is 5.96. The van der Waals surface area contributed by atoms with Gasteiger partial charge in [0, 0.05) is 12.6 Å². The number of carbonyl (C=O) groups is 3. The van der Waals surface area contributed by atoms with Crippen LogP contribution in [0.5, 0.6) is 5.75 Å². The number of carbonyl (C=O) groups excluding carboxylic acids is 2. The first-order chi connectivity index (χ1) is 11.3. The van der Waals surface area contributed by atoms with Gasteiger partial charge in [-0.3, -0.25) is 9.59 Å². The summed E-state index contributed by atoms with van der Waals surface area (Å²) in [6.45, 7) is 1.40. The fraction of sp³-hybridized carbons (Fsp3) is 0.118. The van der Waals surface area contributed by atoms with Gasteiger partial charge in [-0.15, -0.1) is 0 Å². The lowest BCUT2D eigenvalue weighted by Crippen LogP contribution is -2.15. The number of phenols is 1. The molecule has 0 saturated heterocycles. The number of amides is 2. The van der Waals surface area contributed by atoms with E-state index in [1.807, 2.05) is 0 Å². The molecule has 0 heterocycles. The standard InChI is InChI=1S/C17H16N2O5/c1-10(20)18-13-5-2-11(3-6-13)8-16(22)19-14-9-12(17(23)24)4-7-15(14)21/h2-7,9,21H,8H2,1H3,(H,18,20)(H,19,22)(H,23,24). The Morgan fingerprint density at radius 2 is 1.67 bits per heavy atom. The molecule has 2 rings (SSSR count). The summed E-state index contributed by atoms with van der Waals surface area (Å²) in [5.41, 5.74) is 1.33. The number of hydrogen-bond donors (Lipinski definition) is 4. The van der Waals surface area contributed by atoms with E-state index in [4.69, 9.17) is 5.11 Å². The molecule has 0 unspecified atom stereocenters. The lowest BCUT2D eigenvalue weighted by molar-refractivity contribution is -0.116. The molecule has 0 aliphatic rings. The van der Waals surface area contributed by atoms with Crippen LogP contribution < -0.4 is 10.6 Å². The minimum atomic E-state index is -1.15. The smallest absolute Gasteiger partial charge is 0.335 e. The average molecular weight is 328 g/mol. The first-order valence-electron chi connectivity index (χ1n) is 7.08. The van der Waals surface area contributed by atoms with Crippen LogP contribution in [0.15, 0.2) is 42.5 Å². The van der Waals surface area contributed by atoms with Gasteiger partial charge in [-0.1, -0.05) is 12.1 Å². The Hall–Kier alpha value is -3.35. The molecule has 24 heavy (non-hydrogen) atoms. The largest absolute Gasteiger partial charge is 0.506 e. The molecule has 0 aliphatic heterocycles. The summed E-state index contributed by atoms with van der Waals surface area (Å²) in [5.74, 6) is -1.96. The van der Waals surface area contributed by atoms with E-state index < -0.39 is 11.9 Å². The first kappa shape index (κ1) is 17.0. The Labute approximate surface area is 137 Å². The Morgan fingerprint density at radius 1 is 1.00 bits per heavy atom. The number of hydrogen-bond acceptors (Lipinski definition) is 4. The third kappa shape index (κ3) is 4.57. The normalized spacial score (nSPS) is 10.0. The number of aromatic carboxylic acids is 1. The highest BCUT2D eigenvalue weighted by atomic mass is 16.4. The van der Waals surface area contributed by atoms with Crippen molar-refractivity contribution in [2.24, 2.45) is 0 Å². The van der Waals surface area contributed by atoms with Gasteiger partial charge in [-0.25, -0.2) is 4.79 Å². The molecule has 0 bridgehead atoms. The van der Waals surface area contributed by atoms with Crippen LogP contribution in [0.4, 0.5) is 11.4 Å². The molecule has 2 aromatic carbocycles. The predicted molar refractivity (Wildman–Crippen MR) is 88.1 cm³/mol. The molecular weight excluding hydrogens is 312 g/mol. The van der Waals surface area contributed by atoms with Gasteiger partial charge in [0.1, 0.15) is 5.75 Å². The number of rotatable bonds is 5. The van der Waals surface area contributed by atoms with Crippen LogP contribution >= 0.6 is 0 Å². The van der Waals surface area contributed by atoms with Crippen LogP contribution in [0.1, 0.15) is 22.8 Å². The summed E-state index contributed by atoms with van der Waals surface area (Å²) in [7, 11) is 0. The van der Waals surface area contributed by atoms with E-state index in [0.29, 0.717) is 11.3 Å². The van der Waals surface area contributed by atoms with Crippen molar-refractivity contribution in [2.45, 2.75) is 13.3 Å². The molecule has 7 heteroatoms. The van der Waals surface area contributed by atoms with Crippen LogP contribution in [0, 0.1) is 0 Å². The fourth-order valence-corrected chi connectivity index (χ4v) is 2.06. The van der Waals surface area contributed by atoms with Crippen molar-refractivity contribution in [3.05, 3.63) is 53.6 Å². The quantitative estimate of drug-likeness (QED) is 0.628. The van der Waals surface area contributed by atoms with Gasteiger partial charge in [0.25, 0.3) is 0 Å². The van der Waals surface area contributed by atoms with Crippen molar-refractivity contribution in [3.8, 4) is 5.75 Å². The average Bonchev–Trinajstić information content (AvgIpc) is 2.50. The molecule has 0 aliphatic carbocycles. The SMILES string of the molecule is CC(=O)Nc1ccc(CC(=O)Nc2cc(C(=O)O)ccc2O)cc1. The van der Waals surface area contributed by atoms with Crippen LogP contribution in [-0.2, 0) is 16.0 Å². The van der Waals surface area contributed by atoms with Gasteiger partial charge in [0.2, 0.25) is 11.8 Å². The summed E-state index contributed by atoms with van der Waals surface area (Å²) in [5, 5.41) is 23.7. The summed E-state index contributed by atoms with van der Waals surface area (Å²) >= 11 is 0. The molecule has 0 aromatic heterocycles. The van der Waals surface area contributed by atoms with Crippen molar-refractivity contribution >= 4 is 29.2 Å². The lowest BCUT2D eigenvalue weighted by Gasteiger charge is -2.09. The van der Waals surface area contributed by atoms with Crippen molar-refractivity contribution in [3.63, 3.8) is 0 Å². The van der Waals surface area contributed by atoms with E-state index in [9.17, 15) is 19.5 Å². The van der Waals surface area contributed by atoms with Crippen molar-refractivity contribution in [1.82, 2.24) is 0 Å². The Morgan fingerprint density at radius 3 is 2.25 bits per heavy atom. The molecule has 0 fully saturated rings. The number of aromatic hydroxyl groups is 1. The second-order valence-corrected chi connectivity index (χ2v) is 5.14. The Bertz CT molecular complexity index is 784. The second-order valence-electron chi connectivity index (χ2n) is 5.14. The maximum Gasteiger partial charge on any atom is 0.335 e. The van der Waals surface area contributed by atoms with Gasteiger partial charge < -0.3 is 20.8 Å². The van der Waals surface area contributed by atoms with Crippen LogP contribution in [0.2, 0.25) is 0 Å². The molecule has 2 amide bonds. The lowest BCUT2D eigenvalue weighted by atomic mass is 10.1. The minimum absolute atomic E-state index is 0.0368. The van der Waals surface area contributed by atoms with Crippen molar-refractivity contribution in [2.75, 3.05) is 10.6 Å². The van der Waals surface area contributed by atoms with Gasteiger partial charge in [0.05, 0.1) is 17.7 Å². The highest BCUT2D eigenvalue weighted by Gasteiger charge is 2.11. The number of carboxylic acids is 1. The second kappa shape index (κ2) is 7.28. The number of carboxylic acid groups (broad SMARTS) is 1. The van der Waals surface area contributed by atoms with Gasteiger partial charge in [0.15, 0.2) is 0 Å². The van der Waals surface area contributed by atoms with E-state index in [1.165, 1.54) is 25.1 Å². The van der Waals surface area contributed by atoms with Crippen molar-refractivity contribution in [1.29, 1.82) is 0 Å². The van der Waals surface area contributed by atoms with E-state index in [-0.39, 0.29) is 29.3 Å². The third-order valence-corrected chi connectivity index (χ3v) is 3.16. The van der Waals surface area contributed by atoms with Crippen molar-refractivity contribution < 1.29 is 24.6 Å².